The zero-order valence-electron chi connectivity index (χ0n) is 20.2. The van der Waals surface area contributed by atoms with E-state index < -0.39 is 0 Å². The van der Waals surface area contributed by atoms with Crippen LogP contribution in [0.15, 0.2) is 64.9 Å². The Morgan fingerprint density at radius 3 is 2.49 bits per heavy atom. The lowest BCUT2D eigenvalue weighted by Gasteiger charge is -2.19. The summed E-state index contributed by atoms with van der Waals surface area (Å²) in [5, 5.41) is 8.38. The Kier molecular flexibility index (Phi) is 6.89. The van der Waals surface area contributed by atoms with Gasteiger partial charge in [-0.05, 0) is 29.8 Å². The van der Waals surface area contributed by atoms with E-state index in [9.17, 15) is 9.18 Å². The molecule has 0 unspecified atom stereocenters. The van der Waals surface area contributed by atoms with Crippen molar-refractivity contribution in [1.29, 1.82) is 0 Å². The zero-order chi connectivity index (χ0) is 25.8. The van der Waals surface area contributed by atoms with E-state index in [1.165, 1.54) is 32.6 Å². The van der Waals surface area contributed by atoms with Crippen LogP contribution in [-0.4, -0.2) is 44.9 Å². The second kappa shape index (κ2) is 10.6. The van der Waals surface area contributed by atoms with Crippen molar-refractivity contribution in [3.63, 3.8) is 0 Å². The predicted octanol–water partition coefficient (Wildman–Crippen LogP) is 4.07. The maximum atomic E-state index is 13.3. The van der Waals surface area contributed by atoms with E-state index in [2.05, 4.69) is 15.7 Å². The van der Waals surface area contributed by atoms with Gasteiger partial charge in [-0.2, -0.15) is 5.10 Å². The minimum atomic E-state index is -0.360. The topological polar surface area (TPSA) is 100.0 Å². The van der Waals surface area contributed by atoms with Crippen LogP contribution in [0.5, 0.6) is 23.0 Å². The van der Waals surface area contributed by atoms with Crippen molar-refractivity contribution in [2.45, 2.75) is 18.9 Å². The van der Waals surface area contributed by atoms with E-state index in [1.54, 1.807) is 36.4 Å². The Bertz CT molecular complexity index is 1360. The first-order valence-electron chi connectivity index (χ1n) is 11.5. The summed E-state index contributed by atoms with van der Waals surface area (Å²) in [4.78, 5) is 18.2. The van der Waals surface area contributed by atoms with E-state index in [1.807, 2.05) is 6.07 Å². The van der Waals surface area contributed by atoms with Gasteiger partial charge < -0.3 is 23.8 Å². The third-order valence-electron chi connectivity index (χ3n) is 6.02. The van der Waals surface area contributed by atoms with Crippen molar-refractivity contribution in [1.82, 2.24) is 5.43 Å². The van der Waals surface area contributed by atoms with Gasteiger partial charge >= 0.3 is 0 Å². The molecule has 190 valence electrons. The summed E-state index contributed by atoms with van der Waals surface area (Å²) >= 11 is 0. The summed E-state index contributed by atoms with van der Waals surface area (Å²) in [6.45, 7) is 0.00455. The van der Waals surface area contributed by atoms with Crippen LogP contribution < -0.4 is 24.4 Å². The molecule has 2 heterocycles. The Morgan fingerprint density at radius 2 is 1.78 bits per heavy atom. The highest BCUT2D eigenvalue weighted by Gasteiger charge is 2.33. The molecular weight excluding hydrogens is 481 g/mol. The van der Waals surface area contributed by atoms with Crippen molar-refractivity contribution in [2.24, 2.45) is 10.3 Å². The Morgan fingerprint density at radius 1 is 1.08 bits per heavy atom. The van der Waals surface area contributed by atoms with Crippen molar-refractivity contribution in [3.8, 4) is 23.0 Å². The standard InChI is InChI=1S/C27H24FN3O6/c1-33-23-20(12-19-13-22(31-37-19)16-8-10-18(28)11-9-16)21(24(34-2)26-25(23)35-15-36-26)14-29-30-27(32)17-6-4-3-5-7-17/h3-11,14,19H,12-13,15H2,1-2H3,(H,30,32)/b29-14-/t19-/m0/s1. The molecule has 10 heteroatoms. The molecule has 1 atom stereocenters. The molecular formula is C27H24FN3O6. The second-order valence-electron chi connectivity index (χ2n) is 8.27. The van der Waals surface area contributed by atoms with Crippen molar-refractivity contribution in [2.75, 3.05) is 21.0 Å². The number of halogens is 1. The minimum absolute atomic E-state index is 0.00455. The van der Waals surface area contributed by atoms with Gasteiger partial charge in [-0.25, -0.2) is 9.82 Å². The number of ether oxygens (including phenoxy) is 4. The van der Waals surface area contributed by atoms with Crippen molar-refractivity contribution in [3.05, 3.63) is 82.7 Å². The predicted molar refractivity (Wildman–Crippen MR) is 133 cm³/mol. The SMILES string of the molecule is COc1c(/C=N\NC(=O)c2ccccc2)c(C[C@H]2CC(c3ccc(F)cc3)=NO2)c(OC)c2c1OCO2. The van der Waals surface area contributed by atoms with Crippen LogP contribution in [0, 0.1) is 5.82 Å². The number of nitrogens with one attached hydrogen (secondary N) is 1. The fourth-order valence-electron chi connectivity index (χ4n) is 4.28. The fraction of sp³-hybridized carbons (Fsp3) is 0.222. The lowest BCUT2D eigenvalue weighted by Crippen LogP contribution is -2.18. The first-order chi connectivity index (χ1) is 18.1. The molecule has 37 heavy (non-hydrogen) atoms. The van der Waals surface area contributed by atoms with Crippen LogP contribution in [0.4, 0.5) is 4.39 Å². The van der Waals surface area contributed by atoms with Gasteiger partial charge in [0.25, 0.3) is 5.91 Å². The zero-order valence-corrected chi connectivity index (χ0v) is 20.2. The number of hydrazone groups is 1. The molecule has 0 spiro atoms. The average Bonchev–Trinajstić information content (AvgIpc) is 3.60. The number of rotatable bonds is 8. The Balaban J connectivity index is 1.44. The third-order valence-corrected chi connectivity index (χ3v) is 6.02. The van der Waals surface area contributed by atoms with E-state index in [-0.39, 0.29) is 24.6 Å². The second-order valence-corrected chi connectivity index (χ2v) is 8.27. The molecule has 0 saturated carbocycles. The highest BCUT2D eigenvalue weighted by Crippen LogP contribution is 2.52. The largest absolute Gasteiger partial charge is 0.492 e. The molecule has 0 radical (unpaired) electrons. The number of hydrogen-bond donors (Lipinski definition) is 1. The quantitative estimate of drug-likeness (QED) is 0.366. The molecule has 3 aromatic rings. The number of amides is 1. The first-order valence-corrected chi connectivity index (χ1v) is 11.5. The van der Waals surface area contributed by atoms with Gasteiger partial charge in [0.2, 0.25) is 18.3 Å². The molecule has 2 aliphatic heterocycles. The number of carbonyl (C=O) groups excluding carboxylic acids is 1. The third kappa shape index (κ3) is 4.90. The molecule has 0 saturated heterocycles. The molecule has 9 nitrogen and oxygen atoms in total. The number of methoxy groups -OCH3 is 2. The van der Waals surface area contributed by atoms with Crippen LogP contribution in [-0.2, 0) is 11.3 Å². The van der Waals surface area contributed by atoms with Gasteiger partial charge in [0.1, 0.15) is 11.9 Å². The molecule has 3 aromatic carbocycles. The molecule has 2 aliphatic rings. The smallest absolute Gasteiger partial charge is 0.271 e. The van der Waals surface area contributed by atoms with Gasteiger partial charge in [-0.3, -0.25) is 4.79 Å². The fourth-order valence-corrected chi connectivity index (χ4v) is 4.28. The lowest BCUT2D eigenvalue weighted by molar-refractivity contribution is 0.0853. The number of nitrogens with zero attached hydrogens (tertiary/aromatic N) is 2. The molecule has 0 fully saturated rings. The van der Waals surface area contributed by atoms with Crippen molar-refractivity contribution < 1.29 is 33.0 Å². The summed E-state index contributed by atoms with van der Waals surface area (Å²) in [5.74, 6) is 0.954. The van der Waals surface area contributed by atoms with Crippen LogP contribution in [0.3, 0.4) is 0 Å². The summed E-state index contributed by atoms with van der Waals surface area (Å²) in [5.41, 5.74) is 5.72. The number of carbonyl (C=O) groups is 1. The van der Waals surface area contributed by atoms with Gasteiger partial charge in [0, 0.05) is 29.5 Å². The molecule has 1 amide bonds. The molecule has 5 rings (SSSR count). The Hall–Kier alpha value is -4.60. The van der Waals surface area contributed by atoms with Crippen molar-refractivity contribution >= 4 is 17.8 Å². The highest BCUT2D eigenvalue weighted by molar-refractivity contribution is 6.01. The van der Waals surface area contributed by atoms with E-state index in [4.69, 9.17) is 23.8 Å². The first kappa shape index (κ1) is 24.1. The lowest BCUT2D eigenvalue weighted by atomic mass is 9.95. The van der Waals surface area contributed by atoms with Gasteiger partial charge in [-0.15, -0.1) is 0 Å². The van der Waals surface area contributed by atoms with E-state index in [0.717, 1.165) is 5.56 Å². The number of fused-ring (bicyclic) bond motifs is 1. The highest BCUT2D eigenvalue weighted by atomic mass is 19.1. The summed E-state index contributed by atoms with van der Waals surface area (Å²) in [6, 6.07) is 14.8. The Labute approximate surface area is 212 Å². The average molecular weight is 506 g/mol. The molecule has 0 bridgehead atoms. The summed E-state index contributed by atoms with van der Waals surface area (Å²) in [6.07, 6.45) is 1.99. The van der Waals surface area contributed by atoms with Gasteiger partial charge in [-0.1, -0.05) is 35.5 Å². The van der Waals surface area contributed by atoms with Crippen LogP contribution >= 0.6 is 0 Å². The van der Waals surface area contributed by atoms with Crippen LogP contribution in [0.2, 0.25) is 0 Å². The summed E-state index contributed by atoms with van der Waals surface area (Å²) in [7, 11) is 3.04. The number of hydrogen-bond acceptors (Lipinski definition) is 8. The van der Waals surface area contributed by atoms with E-state index in [0.29, 0.717) is 58.2 Å². The maximum absolute atomic E-state index is 13.3. The molecule has 0 aliphatic carbocycles. The van der Waals surface area contributed by atoms with Gasteiger partial charge in [0.15, 0.2) is 11.5 Å². The number of oxime groups is 1. The van der Waals surface area contributed by atoms with Crippen LogP contribution in [0.25, 0.3) is 0 Å². The molecule has 1 N–H and O–H groups in total. The normalized spacial score (nSPS) is 15.9. The minimum Gasteiger partial charge on any atom is -0.492 e. The summed E-state index contributed by atoms with van der Waals surface area (Å²) < 4.78 is 36.0. The van der Waals surface area contributed by atoms with E-state index >= 15 is 0 Å². The van der Waals surface area contributed by atoms with Crippen LogP contribution in [0.1, 0.15) is 33.5 Å². The molecule has 0 aromatic heterocycles. The maximum Gasteiger partial charge on any atom is 0.271 e. The monoisotopic (exact) mass is 505 g/mol. The number of benzene rings is 3. The van der Waals surface area contributed by atoms with Gasteiger partial charge in [0.05, 0.1) is 26.1 Å².